The molecule has 1 aromatic rings. The summed E-state index contributed by atoms with van der Waals surface area (Å²) < 4.78 is 5.69. The van der Waals surface area contributed by atoms with Gasteiger partial charge in [-0.3, -0.25) is 4.79 Å². The van der Waals surface area contributed by atoms with E-state index in [0.717, 1.165) is 55.6 Å². The zero-order valence-electron chi connectivity index (χ0n) is 12.5. The number of carbonyl (C=O) groups excluding carboxylic acids is 1. The van der Waals surface area contributed by atoms with Crippen LogP contribution in [0.25, 0.3) is 0 Å². The first-order chi connectivity index (χ1) is 10.3. The van der Waals surface area contributed by atoms with Crippen molar-refractivity contribution in [1.29, 1.82) is 0 Å². The second-order valence-electron chi connectivity index (χ2n) is 5.90. The number of carbonyl (C=O) groups is 1. The summed E-state index contributed by atoms with van der Waals surface area (Å²) in [5.74, 6) is 0.0476. The number of amides is 1. The van der Waals surface area contributed by atoms with Gasteiger partial charge in [-0.25, -0.2) is 0 Å². The molecule has 0 bridgehead atoms. The van der Waals surface area contributed by atoms with Crippen molar-refractivity contribution >= 4 is 11.6 Å². The monoisotopic (exact) mass is 288 g/mol. The van der Waals surface area contributed by atoms with Crippen LogP contribution in [0, 0.1) is 0 Å². The Kier molecular flexibility index (Phi) is 4.76. The number of hydrogen-bond donors (Lipinski definition) is 2. The molecule has 2 N–H and O–H groups in total. The Morgan fingerprint density at radius 1 is 1.33 bits per heavy atom. The van der Waals surface area contributed by atoms with Gasteiger partial charge in [0.1, 0.15) is 0 Å². The van der Waals surface area contributed by atoms with Crippen LogP contribution in [-0.2, 0) is 11.2 Å². The fraction of sp³-hybridized carbons (Fsp3) is 0.588. The molecule has 21 heavy (non-hydrogen) atoms. The molecule has 2 aliphatic heterocycles. The van der Waals surface area contributed by atoms with Crippen molar-refractivity contribution < 1.29 is 9.53 Å². The summed E-state index contributed by atoms with van der Waals surface area (Å²) in [4.78, 5) is 12.4. The van der Waals surface area contributed by atoms with E-state index in [1.54, 1.807) is 0 Å². The normalized spacial score (nSPS) is 21.2. The second kappa shape index (κ2) is 6.94. The van der Waals surface area contributed by atoms with Gasteiger partial charge in [-0.1, -0.05) is 6.07 Å². The van der Waals surface area contributed by atoms with E-state index in [9.17, 15) is 4.79 Å². The Hall–Kier alpha value is -1.55. The molecule has 4 nitrogen and oxygen atoms in total. The Bertz CT molecular complexity index is 496. The van der Waals surface area contributed by atoms with Gasteiger partial charge in [0.15, 0.2) is 0 Å². The minimum atomic E-state index is 0.0476. The highest BCUT2D eigenvalue weighted by atomic mass is 16.5. The maximum absolute atomic E-state index is 12.4. The molecule has 0 aliphatic carbocycles. The second-order valence-corrected chi connectivity index (χ2v) is 5.90. The largest absolute Gasteiger partial charge is 0.385 e. The zero-order chi connectivity index (χ0) is 14.5. The molecule has 4 heteroatoms. The highest BCUT2D eigenvalue weighted by molar-refractivity contribution is 5.97. The molecule has 0 radical (unpaired) electrons. The van der Waals surface area contributed by atoms with E-state index >= 15 is 0 Å². The summed E-state index contributed by atoms with van der Waals surface area (Å²) in [6.45, 7) is 2.56. The topological polar surface area (TPSA) is 50.4 Å². The third kappa shape index (κ3) is 3.56. The van der Waals surface area contributed by atoms with E-state index in [1.807, 2.05) is 12.1 Å². The molecule has 0 saturated carbocycles. The average molecular weight is 288 g/mol. The van der Waals surface area contributed by atoms with Gasteiger partial charge >= 0.3 is 0 Å². The molecular formula is C17H24N2O2. The first-order valence-corrected chi connectivity index (χ1v) is 8.10. The predicted octanol–water partition coefficient (Wildman–Crippen LogP) is 2.73. The van der Waals surface area contributed by atoms with Crippen LogP contribution in [0.15, 0.2) is 18.2 Å². The molecule has 1 atom stereocenters. The van der Waals surface area contributed by atoms with Crippen molar-refractivity contribution in [1.82, 2.24) is 5.32 Å². The maximum Gasteiger partial charge on any atom is 0.251 e. The first kappa shape index (κ1) is 14.4. The summed E-state index contributed by atoms with van der Waals surface area (Å²) >= 11 is 0. The lowest BCUT2D eigenvalue weighted by Crippen LogP contribution is -2.30. The van der Waals surface area contributed by atoms with Crippen molar-refractivity contribution in [2.75, 3.05) is 25.0 Å². The minimum absolute atomic E-state index is 0.0476. The molecular weight excluding hydrogens is 264 g/mol. The quantitative estimate of drug-likeness (QED) is 0.895. The van der Waals surface area contributed by atoms with Crippen LogP contribution >= 0.6 is 0 Å². The molecule has 2 heterocycles. The molecule has 1 amide bonds. The molecule has 3 rings (SSSR count). The van der Waals surface area contributed by atoms with Crippen LogP contribution < -0.4 is 10.6 Å². The molecule has 1 aromatic carbocycles. The number of ether oxygens (including phenoxy) is 1. The van der Waals surface area contributed by atoms with Crippen molar-refractivity contribution in [3.05, 3.63) is 29.3 Å². The number of rotatable bonds is 4. The van der Waals surface area contributed by atoms with Gasteiger partial charge < -0.3 is 15.4 Å². The third-order valence-corrected chi connectivity index (χ3v) is 4.37. The molecule has 1 saturated heterocycles. The molecule has 0 spiro atoms. The molecule has 0 aromatic heterocycles. The fourth-order valence-corrected chi connectivity index (χ4v) is 3.20. The predicted molar refractivity (Wildman–Crippen MR) is 83.8 cm³/mol. The third-order valence-electron chi connectivity index (χ3n) is 4.37. The summed E-state index contributed by atoms with van der Waals surface area (Å²) in [7, 11) is 0. The Balaban J connectivity index is 1.55. The Morgan fingerprint density at radius 3 is 3.14 bits per heavy atom. The van der Waals surface area contributed by atoms with Crippen molar-refractivity contribution in [3.8, 4) is 0 Å². The summed E-state index contributed by atoms with van der Waals surface area (Å²) in [6.07, 6.45) is 6.86. The summed E-state index contributed by atoms with van der Waals surface area (Å²) in [5, 5.41) is 6.42. The van der Waals surface area contributed by atoms with Crippen LogP contribution in [0.3, 0.4) is 0 Å². The van der Waals surface area contributed by atoms with Crippen LogP contribution in [-0.4, -0.2) is 31.7 Å². The van der Waals surface area contributed by atoms with Crippen LogP contribution in [0.5, 0.6) is 0 Å². The Morgan fingerprint density at radius 2 is 2.29 bits per heavy atom. The fourth-order valence-electron chi connectivity index (χ4n) is 3.20. The highest BCUT2D eigenvalue weighted by Gasteiger charge is 2.18. The maximum atomic E-state index is 12.4. The standard InChI is InChI=1S/C17H24N2O2/c20-17(19-11-9-13-5-1-2-12-21-13)15-6-3-8-16-14(15)7-4-10-18-16/h3,6,8,13,18H,1-2,4-5,7,9-12H2,(H,19,20). The van der Waals surface area contributed by atoms with Gasteiger partial charge in [0, 0.05) is 30.9 Å². The van der Waals surface area contributed by atoms with Gasteiger partial charge in [0.05, 0.1) is 6.10 Å². The number of benzene rings is 1. The highest BCUT2D eigenvalue weighted by Crippen LogP contribution is 2.25. The average Bonchev–Trinajstić information content (AvgIpc) is 2.55. The van der Waals surface area contributed by atoms with Crippen molar-refractivity contribution in [3.63, 3.8) is 0 Å². The Labute approximate surface area is 126 Å². The molecule has 114 valence electrons. The van der Waals surface area contributed by atoms with Crippen LogP contribution in [0.2, 0.25) is 0 Å². The molecule has 1 unspecified atom stereocenters. The van der Waals surface area contributed by atoms with Gasteiger partial charge in [-0.05, 0) is 56.2 Å². The van der Waals surface area contributed by atoms with Crippen LogP contribution in [0.1, 0.15) is 48.0 Å². The number of fused-ring (bicyclic) bond motifs is 1. The van der Waals surface area contributed by atoms with Crippen molar-refractivity contribution in [2.24, 2.45) is 0 Å². The van der Waals surface area contributed by atoms with E-state index in [4.69, 9.17) is 4.74 Å². The molecule has 2 aliphatic rings. The van der Waals surface area contributed by atoms with Crippen molar-refractivity contribution in [2.45, 2.75) is 44.6 Å². The summed E-state index contributed by atoms with van der Waals surface area (Å²) in [5.41, 5.74) is 3.10. The smallest absolute Gasteiger partial charge is 0.251 e. The minimum Gasteiger partial charge on any atom is -0.385 e. The van der Waals surface area contributed by atoms with E-state index in [0.29, 0.717) is 12.6 Å². The van der Waals surface area contributed by atoms with Crippen LogP contribution in [0.4, 0.5) is 5.69 Å². The van der Waals surface area contributed by atoms with Gasteiger partial charge in [0.2, 0.25) is 0 Å². The number of nitrogens with one attached hydrogen (secondary N) is 2. The lowest BCUT2D eigenvalue weighted by molar-refractivity contribution is 0.0117. The molecule has 1 fully saturated rings. The van der Waals surface area contributed by atoms with E-state index in [1.165, 1.54) is 12.8 Å². The number of hydrogen-bond acceptors (Lipinski definition) is 3. The van der Waals surface area contributed by atoms with Gasteiger partial charge in [-0.15, -0.1) is 0 Å². The lowest BCUT2D eigenvalue weighted by Gasteiger charge is -2.23. The lowest BCUT2D eigenvalue weighted by atomic mass is 9.97. The van der Waals surface area contributed by atoms with E-state index in [-0.39, 0.29) is 5.91 Å². The van der Waals surface area contributed by atoms with Gasteiger partial charge in [0.25, 0.3) is 5.91 Å². The zero-order valence-corrected chi connectivity index (χ0v) is 12.5. The van der Waals surface area contributed by atoms with E-state index < -0.39 is 0 Å². The number of anilines is 1. The first-order valence-electron chi connectivity index (χ1n) is 8.10. The van der Waals surface area contributed by atoms with E-state index in [2.05, 4.69) is 16.7 Å². The summed E-state index contributed by atoms with van der Waals surface area (Å²) in [6, 6.07) is 5.94. The van der Waals surface area contributed by atoms with Gasteiger partial charge in [-0.2, -0.15) is 0 Å². The SMILES string of the molecule is O=C(NCCC1CCCCO1)c1cccc2c1CCCN2.